The molecule has 7 nitrogen and oxygen atoms in total. The predicted octanol–water partition coefficient (Wildman–Crippen LogP) is 3.70. The minimum atomic E-state index is -0.123. The zero-order valence-corrected chi connectivity index (χ0v) is 16.8. The first-order valence-electron chi connectivity index (χ1n) is 9.60. The number of hydrogen-bond acceptors (Lipinski definition) is 6. The van der Waals surface area contributed by atoms with Crippen molar-refractivity contribution in [3.8, 4) is 22.7 Å². The summed E-state index contributed by atoms with van der Waals surface area (Å²) in [5, 5.41) is 0.672. The minimum absolute atomic E-state index is 0.123. The van der Waals surface area contributed by atoms with Crippen LogP contribution < -0.4 is 5.56 Å². The first kappa shape index (κ1) is 18.7. The van der Waals surface area contributed by atoms with Gasteiger partial charge < -0.3 is 9.40 Å². The Morgan fingerprint density at radius 3 is 2.83 bits per heavy atom. The fraction of sp³-hybridized carbons (Fsp3) is 0.182. The zero-order chi connectivity index (χ0) is 20.5. The lowest BCUT2D eigenvalue weighted by Gasteiger charge is -2.26. The third-order valence-electron chi connectivity index (χ3n) is 5.13. The van der Waals surface area contributed by atoms with Gasteiger partial charge in [0.2, 0.25) is 0 Å². The van der Waals surface area contributed by atoms with Gasteiger partial charge in [-0.1, -0.05) is 23.7 Å². The van der Waals surface area contributed by atoms with E-state index < -0.39 is 0 Å². The van der Waals surface area contributed by atoms with Crippen molar-refractivity contribution in [3.05, 3.63) is 87.5 Å². The highest BCUT2D eigenvalue weighted by Gasteiger charge is 2.22. The summed E-state index contributed by atoms with van der Waals surface area (Å²) < 4.78 is 6.01. The van der Waals surface area contributed by atoms with Gasteiger partial charge in [-0.3, -0.25) is 9.69 Å². The minimum Gasteiger partial charge on any atom is -0.460 e. The molecule has 30 heavy (non-hydrogen) atoms. The molecule has 4 aromatic rings. The average molecular weight is 420 g/mol. The summed E-state index contributed by atoms with van der Waals surface area (Å²) in [6, 6.07) is 11.5. The number of aromatic amines is 1. The molecule has 0 bridgehead atoms. The maximum absolute atomic E-state index is 12.7. The van der Waals surface area contributed by atoms with E-state index in [1.54, 1.807) is 12.4 Å². The van der Waals surface area contributed by atoms with E-state index in [0.29, 0.717) is 41.5 Å². The molecule has 0 saturated heterocycles. The van der Waals surface area contributed by atoms with Gasteiger partial charge in [0, 0.05) is 42.5 Å². The van der Waals surface area contributed by atoms with Crippen LogP contribution in [0.5, 0.6) is 0 Å². The van der Waals surface area contributed by atoms with Gasteiger partial charge in [-0.2, -0.15) is 0 Å². The van der Waals surface area contributed by atoms with E-state index >= 15 is 0 Å². The van der Waals surface area contributed by atoms with Crippen LogP contribution in [-0.2, 0) is 19.5 Å². The van der Waals surface area contributed by atoms with E-state index in [4.69, 9.17) is 16.0 Å². The number of halogens is 1. The number of furan rings is 1. The second-order valence-corrected chi connectivity index (χ2v) is 7.64. The van der Waals surface area contributed by atoms with Crippen LogP contribution in [0.25, 0.3) is 22.7 Å². The summed E-state index contributed by atoms with van der Waals surface area (Å²) in [5.41, 5.74) is 3.04. The van der Waals surface area contributed by atoms with Gasteiger partial charge in [0.05, 0.1) is 23.4 Å². The van der Waals surface area contributed by atoms with Crippen molar-refractivity contribution in [2.45, 2.75) is 19.5 Å². The maximum Gasteiger partial charge on any atom is 0.255 e. The summed E-state index contributed by atoms with van der Waals surface area (Å²) >= 11 is 6.07. The van der Waals surface area contributed by atoms with Crippen molar-refractivity contribution in [2.75, 3.05) is 6.54 Å². The maximum atomic E-state index is 12.7. The Morgan fingerprint density at radius 2 is 2.00 bits per heavy atom. The van der Waals surface area contributed by atoms with Crippen LogP contribution in [0.1, 0.15) is 17.0 Å². The molecule has 0 atom stereocenters. The van der Waals surface area contributed by atoms with E-state index in [1.807, 2.05) is 36.4 Å². The summed E-state index contributed by atoms with van der Waals surface area (Å²) in [7, 11) is 0. The molecule has 0 spiro atoms. The van der Waals surface area contributed by atoms with E-state index in [2.05, 4.69) is 24.8 Å². The van der Waals surface area contributed by atoms with Crippen LogP contribution in [0, 0.1) is 0 Å². The normalized spacial score (nSPS) is 13.9. The van der Waals surface area contributed by atoms with Crippen molar-refractivity contribution in [2.24, 2.45) is 0 Å². The van der Waals surface area contributed by atoms with Crippen molar-refractivity contribution < 1.29 is 4.42 Å². The highest BCUT2D eigenvalue weighted by Crippen LogP contribution is 2.26. The fourth-order valence-corrected chi connectivity index (χ4v) is 3.84. The number of benzene rings is 1. The van der Waals surface area contributed by atoms with Gasteiger partial charge in [0.25, 0.3) is 5.56 Å². The van der Waals surface area contributed by atoms with Gasteiger partial charge in [0.15, 0.2) is 0 Å². The van der Waals surface area contributed by atoms with Crippen molar-refractivity contribution in [1.29, 1.82) is 0 Å². The Bertz CT molecular complexity index is 1250. The van der Waals surface area contributed by atoms with Gasteiger partial charge in [-0.25, -0.2) is 15.0 Å². The first-order valence-corrected chi connectivity index (χ1v) is 9.98. The second-order valence-electron chi connectivity index (χ2n) is 7.20. The smallest absolute Gasteiger partial charge is 0.255 e. The molecule has 5 rings (SSSR count). The number of rotatable bonds is 4. The summed E-state index contributed by atoms with van der Waals surface area (Å²) in [6.07, 6.45) is 5.43. The molecule has 3 aromatic heterocycles. The monoisotopic (exact) mass is 419 g/mol. The van der Waals surface area contributed by atoms with Crippen LogP contribution in [-0.4, -0.2) is 31.4 Å². The topological polar surface area (TPSA) is 87.9 Å². The molecule has 0 fully saturated rings. The largest absolute Gasteiger partial charge is 0.460 e. The molecule has 1 aromatic carbocycles. The molecular formula is C22H18ClN5O2. The Balaban J connectivity index is 1.34. The quantitative estimate of drug-likeness (QED) is 0.542. The Morgan fingerprint density at radius 1 is 1.13 bits per heavy atom. The molecule has 0 unspecified atom stereocenters. The summed E-state index contributed by atoms with van der Waals surface area (Å²) in [6.45, 7) is 1.94. The molecule has 0 radical (unpaired) electrons. The molecule has 0 saturated carbocycles. The van der Waals surface area contributed by atoms with Gasteiger partial charge >= 0.3 is 0 Å². The number of aromatic nitrogens is 4. The van der Waals surface area contributed by atoms with Crippen molar-refractivity contribution >= 4 is 11.6 Å². The van der Waals surface area contributed by atoms with Crippen molar-refractivity contribution in [1.82, 2.24) is 24.8 Å². The third-order valence-corrected chi connectivity index (χ3v) is 5.37. The molecule has 8 heteroatoms. The molecule has 1 aliphatic heterocycles. The zero-order valence-electron chi connectivity index (χ0n) is 16.0. The Labute approximate surface area is 177 Å². The molecule has 4 heterocycles. The second kappa shape index (κ2) is 7.85. The fourth-order valence-electron chi connectivity index (χ4n) is 3.65. The molecule has 0 amide bonds. The van der Waals surface area contributed by atoms with Gasteiger partial charge in [-0.15, -0.1) is 0 Å². The number of nitrogens with one attached hydrogen (secondary N) is 1. The molecular weight excluding hydrogens is 402 g/mol. The third kappa shape index (κ3) is 3.77. The van der Waals surface area contributed by atoms with Crippen LogP contribution in [0.15, 0.2) is 64.3 Å². The van der Waals surface area contributed by atoms with Gasteiger partial charge in [0.1, 0.15) is 23.7 Å². The molecule has 150 valence electrons. The Kier molecular flexibility index (Phi) is 4.90. The van der Waals surface area contributed by atoms with E-state index in [9.17, 15) is 4.79 Å². The molecule has 1 aliphatic rings. The van der Waals surface area contributed by atoms with Gasteiger partial charge in [-0.05, 0) is 24.3 Å². The van der Waals surface area contributed by atoms with E-state index in [-0.39, 0.29) is 5.56 Å². The molecule has 1 N–H and O–H groups in total. The number of hydrogen-bond donors (Lipinski definition) is 1. The summed E-state index contributed by atoms with van der Waals surface area (Å²) in [5.74, 6) is 2.13. The van der Waals surface area contributed by atoms with E-state index in [0.717, 1.165) is 29.3 Å². The number of H-pyrrole nitrogens is 1. The highest BCUT2D eigenvalue weighted by molar-refractivity contribution is 6.30. The van der Waals surface area contributed by atoms with Crippen LogP contribution in [0.2, 0.25) is 5.02 Å². The average Bonchev–Trinajstić information content (AvgIpc) is 3.23. The van der Waals surface area contributed by atoms with Crippen LogP contribution in [0.3, 0.4) is 0 Å². The predicted molar refractivity (Wildman–Crippen MR) is 113 cm³/mol. The van der Waals surface area contributed by atoms with Crippen molar-refractivity contribution in [3.63, 3.8) is 0 Å². The standard InChI is InChI=1S/C22H18ClN5O2/c23-16-3-1-2-14(8-16)20-5-4-17(30-20)11-28-7-6-19-18(12-28)22(29)27-21(26-19)15-9-24-13-25-10-15/h1-5,8-10,13H,6-7,11-12H2,(H,26,27,29). The number of fused-ring (bicyclic) bond motifs is 1. The first-order chi connectivity index (χ1) is 14.7. The van der Waals surface area contributed by atoms with Crippen LogP contribution >= 0.6 is 11.6 Å². The SMILES string of the molecule is O=c1[nH]c(-c2cncnc2)nc2c1CN(Cc1ccc(-c3cccc(Cl)c3)o1)CC2. The van der Waals surface area contributed by atoms with E-state index in [1.165, 1.54) is 6.33 Å². The highest BCUT2D eigenvalue weighted by atomic mass is 35.5. The summed E-state index contributed by atoms with van der Waals surface area (Å²) in [4.78, 5) is 30.3. The Hall–Kier alpha value is -3.29. The lowest BCUT2D eigenvalue weighted by atomic mass is 10.1. The number of nitrogens with zero attached hydrogens (tertiary/aromatic N) is 4. The lowest BCUT2D eigenvalue weighted by Crippen LogP contribution is -2.35. The lowest BCUT2D eigenvalue weighted by molar-refractivity contribution is 0.223. The van der Waals surface area contributed by atoms with Crippen LogP contribution in [0.4, 0.5) is 0 Å². The molecule has 0 aliphatic carbocycles.